The summed E-state index contributed by atoms with van der Waals surface area (Å²) in [6.07, 6.45) is 1.83. The third-order valence-electron chi connectivity index (χ3n) is 4.39. The van der Waals surface area contributed by atoms with Crippen LogP contribution in [0, 0.1) is 11.6 Å². The van der Waals surface area contributed by atoms with Crippen molar-refractivity contribution in [1.29, 1.82) is 0 Å². The number of aromatic nitrogens is 3. The van der Waals surface area contributed by atoms with Gasteiger partial charge in [-0.15, -0.1) is 0 Å². The fraction of sp³-hybridized carbons (Fsp3) is 0.263. The molecule has 0 aliphatic heterocycles. The number of carboxylic acid groups (broad SMARTS) is 1. The number of aryl methyl sites for hydroxylation is 2. The highest BCUT2D eigenvalue weighted by molar-refractivity contribution is 5.78. The van der Waals surface area contributed by atoms with Crippen LogP contribution in [0.5, 0.6) is 0 Å². The third-order valence-corrected chi connectivity index (χ3v) is 4.39. The monoisotopic (exact) mass is 373 g/mol. The Morgan fingerprint density at radius 3 is 2.70 bits per heavy atom. The summed E-state index contributed by atoms with van der Waals surface area (Å²) in [5, 5.41) is 9.79. The van der Waals surface area contributed by atoms with Gasteiger partial charge in [0.1, 0.15) is 17.5 Å². The van der Waals surface area contributed by atoms with Gasteiger partial charge in [-0.25, -0.2) is 18.6 Å². The highest BCUT2D eigenvalue weighted by Gasteiger charge is 2.24. The molecular weight excluding hydrogens is 356 g/mol. The minimum atomic E-state index is -1.09. The Morgan fingerprint density at radius 1 is 1.22 bits per heavy atom. The maximum Gasteiger partial charge on any atom is 0.326 e. The van der Waals surface area contributed by atoms with Crippen molar-refractivity contribution in [3.8, 4) is 0 Å². The SMILES string of the molecule is CCC(C(=O)O)n1c(CCc2cccc(F)c2F)nc(=O)c2cccnc21. The molecule has 0 bridgehead atoms. The van der Waals surface area contributed by atoms with E-state index in [2.05, 4.69) is 9.97 Å². The summed E-state index contributed by atoms with van der Waals surface area (Å²) < 4.78 is 28.7. The summed E-state index contributed by atoms with van der Waals surface area (Å²) in [7, 11) is 0. The predicted molar refractivity (Wildman–Crippen MR) is 94.5 cm³/mol. The van der Waals surface area contributed by atoms with Crippen LogP contribution in [0.2, 0.25) is 0 Å². The number of hydrogen-bond donors (Lipinski definition) is 1. The van der Waals surface area contributed by atoms with E-state index in [1.54, 1.807) is 13.0 Å². The molecule has 140 valence electrons. The number of nitrogens with zero attached hydrogens (tertiary/aromatic N) is 3. The van der Waals surface area contributed by atoms with Crippen LogP contribution in [0.25, 0.3) is 11.0 Å². The second kappa shape index (κ2) is 7.61. The van der Waals surface area contributed by atoms with Gasteiger partial charge in [-0.1, -0.05) is 19.1 Å². The number of halogens is 2. The standard InChI is InChI=1S/C19H17F2N3O3/c1-2-14(19(26)27)24-15(9-8-11-5-3-7-13(20)16(11)21)23-18(25)12-6-4-10-22-17(12)24/h3-7,10,14H,2,8-9H2,1H3,(H,26,27). The van der Waals surface area contributed by atoms with Crippen LogP contribution in [0.15, 0.2) is 41.3 Å². The normalized spacial score (nSPS) is 12.3. The Morgan fingerprint density at radius 2 is 2.00 bits per heavy atom. The second-order valence-corrected chi connectivity index (χ2v) is 6.05. The van der Waals surface area contributed by atoms with Crippen molar-refractivity contribution in [2.75, 3.05) is 0 Å². The van der Waals surface area contributed by atoms with Crippen LogP contribution in [0.1, 0.15) is 30.8 Å². The molecule has 0 spiro atoms. The van der Waals surface area contributed by atoms with Gasteiger partial charge in [0, 0.05) is 12.6 Å². The summed E-state index contributed by atoms with van der Waals surface area (Å²) >= 11 is 0. The van der Waals surface area contributed by atoms with E-state index in [-0.39, 0.29) is 41.7 Å². The molecule has 0 amide bonds. The Bertz CT molecular complexity index is 1070. The first-order valence-electron chi connectivity index (χ1n) is 8.45. The lowest BCUT2D eigenvalue weighted by Crippen LogP contribution is -2.27. The molecule has 0 fully saturated rings. The maximum absolute atomic E-state index is 13.9. The minimum Gasteiger partial charge on any atom is -0.480 e. The van der Waals surface area contributed by atoms with Gasteiger partial charge in [0.25, 0.3) is 5.56 Å². The summed E-state index contributed by atoms with van der Waals surface area (Å²) in [5.41, 5.74) is -0.203. The Balaban J connectivity index is 2.12. The summed E-state index contributed by atoms with van der Waals surface area (Å²) in [6.45, 7) is 1.70. The first-order valence-corrected chi connectivity index (χ1v) is 8.45. The highest BCUT2D eigenvalue weighted by atomic mass is 19.2. The molecule has 1 N–H and O–H groups in total. The van der Waals surface area contributed by atoms with Crippen molar-refractivity contribution in [2.45, 2.75) is 32.2 Å². The lowest BCUT2D eigenvalue weighted by molar-refractivity contribution is -0.141. The van der Waals surface area contributed by atoms with Crippen LogP contribution < -0.4 is 5.56 Å². The average molecular weight is 373 g/mol. The summed E-state index contributed by atoms with van der Waals surface area (Å²) in [4.78, 5) is 32.2. The van der Waals surface area contributed by atoms with E-state index in [0.717, 1.165) is 6.07 Å². The topological polar surface area (TPSA) is 85.1 Å². The molecular formula is C19H17F2N3O3. The van der Waals surface area contributed by atoms with Crippen molar-refractivity contribution in [3.63, 3.8) is 0 Å². The molecule has 2 heterocycles. The third kappa shape index (κ3) is 3.55. The first kappa shape index (κ1) is 18.6. The lowest BCUT2D eigenvalue weighted by atomic mass is 10.1. The van der Waals surface area contributed by atoms with Gasteiger partial charge in [-0.05, 0) is 36.6 Å². The number of hydrogen-bond acceptors (Lipinski definition) is 4. The molecule has 3 aromatic rings. The molecule has 2 aromatic heterocycles. The number of carbonyl (C=O) groups is 1. The van der Waals surface area contributed by atoms with E-state index in [1.165, 1.54) is 29.0 Å². The molecule has 8 heteroatoms. The van der Waals surface area contributed by atoms with Crippen LogP contribution in [0.3, 0.4) is 0 Å². The summed E-state index contributed by atoms with van der Waals surface area (Å²) in [5.74, 6) is -2.84. The predicted octanol–water partition coefficient (Wildman–Crippen LogP) is 2.89. The van der Waals surface area contributed by atoms with E-state index in [4.69, 9.17) is 0 Å². The van der Waals surface area contributed by atoms with Crippen molar-refractivity contribution < 1.29 is 18.7 Å². The van der Waals surface area contributed by atoms with E-state index in [9.17, 15) is 23.5 Å². The van der Waals surface area contributed by atoms with Crippen molar-refractivity contribution >= 4 is 17.0 Å². The zero-order valence-electron chi connectivity index (χ0n) is 14.5. The average Bonchev–Trinajstić information content (AvgIpc) is 2.65. The van der Waals surface area contributed by atoms with E-state index in [1.807, 2.05) is 0 Å². The number of pyridine rings is 1. The van der Waals surface area contributed by atoms with Crippen molar-refractivity contribution in [3.05, 3.63) is 69.9 Å². The van der Waals surface area contributed by atoms with Gasteiger partial charge < -0.3 is 5.11 Å². The number of rotatable bonds is 6. The van der Waals surface area contributed by atoms with Gasteiger partial charge in [0.05, 0.1) is 5.39 Å². The van der Waals surface area contributed by atoms with E-state index in [0.29, 0.717) is 0 Å². The van der Waals surface area contributed by atoms with Gasteiger partial charge >= 0.3 is 5.97 Å². The fourth-order valence-corrected chi connectivity index (χ4v) is 3.07. The molecule has 3 rings (SSSR count). The Labute approximate surface area is 153 Å². The molecule has 0 saturated heterocycles. The quantitative estimate of drug-likeness (QED) is 0.718. The molecule has 1 unspecified atom stereocenters. The van der Waals surface area contributed by atoms with Gasteiger partial charge in [0.2, 0.25) is 0 Å². The lowest BCUT2D eigenvalue weighted by Gasteiger charge is -2.20. The van der Waals surface area contributed by atoms with Gasteiger partial charge in [-0.3, -0.25) is 9.36 Å². The largest absolute Gasteiger partial charge is 0.480 e. The van der Waals surface area contributed by atoms with Crippen molar-refractivity contribution in [2.24, 2.45) is 0 Å². The van der Waals surface area contributed by atoms with Gasteiger partial charge in [0.15, 0.2) is 11.6 Å². The molecule has 0 aliphatic rings. The second-order valence-electron chi connectivity index (χ2n) is 6.05. The number of benzene rings is 1. The van der Waals surface area contributed by atoms with E-state index < -0.39 is 29.2 Å². The van der Waals surface area contributed by atoms with Gasteiger partial charge in [-0.2, -0.15) is 4.98 Å². The van der Waals surface area contributed by atoms with Crippen LogP contribution in [-0.4, -0.2) is 25.6 Å². The molecule has 0 radical (unpaired) electrons. The molecule has 1 aromatic carbocycles. The molecule has 0 aliphatic carbocycles. The molecule has 0 saturated carbocycles. The smallest absolute Gasteiger partial charge is 0.326 e. The first-order chi connectivity index (χ1) is 12.9. The zero-order chi connectivity index (χ0) is 19.6. The number of fused-ring (bicyclic) bond motifs is 1. The van der Waals surface area contributed by atoms with Crippen LogP contribution in [-0.2, 0) is 17.6 Å². The zero-order valence-corrected chi connectivity index (χ0v) is 14.5. The summed E-state index contributed by atoms with van der Waals surface area (Å²) in [6, 6.07) is 5.96. The maximum atomic E-state index is 13.9. The van der Waals surface area contributed by atoms with E-state index >= 15 is 0 Å². The van der Waals surface area contributed by atoms with Crippen LogP contribution >= 0.6 is 0 Å². The Kier molecular flexibility index (Phi) is 5.25. The molecule has 1 atom stereocenters. The highest BCUT2D eigenvalue weighted by Crippen LogP contribution is 2.21. The minimum absolute atomic E-state index is 0.0599. The number of carboxylic acids is 1. The molecule has 27 heavy (non-hydrogen) atoms. The molecule has 6 nitrogen and oxygen atoms in total. The van der Waals surface area contributed by atoms with Crippen molar-refractivity contribution in [1.82, 2.24) is 14.5 Å². The Hall–Kier alpha value is -3.16. The number of aliphatic carboxylic acids is 1. The van der Waals surface area contributed by atoms with Crippen LogP contribution in [0.4, 0.5) is 8.78 Å². The fourth-order valence-electron chi connectivity index (χ4n) is 3.07.